The Balaban J connectivity index is 1.44. The molecule has 0 bridgehead atoms. The third kappa shape index (κ3) is 5.34. The SMILES string of the molecule is O=C(CSc1ccc(Cl)cc1)N/N=C\c1cn(Cc2ccccc2F)c2ccccc12. The van der Waals surface area contributed by atoms with Crippen molar-refractivity contribution in [2.24, 2.45) is 5.10 Å². The summed E-state index contributed by atoms with van der Waals surface area (Å²) in [5, 5.41) is 5.75. The Morgan fingerprint density at radius 1 is 1.06 bits per heavy atom. The van der Waals surface area contributed by atoms with Crippen molar-refractivity contribution in [1.29, 1.82) is 0 Å². The van der Waals surface area contributed by atoms with Crippen LogP contribution in [0.2, 0.25) is 5.02 Å². The van der Waals surface area contributed by atoms with Gasteiger partial charge >= 0.3 is 0 Å². The molecule has 7 heteroatoms. The van der Waals surface area contributed by atoms with Crippen molar-refractivity contribution in [2.45, 2.75) is 11.4 Å². The van der Waals surface area contributed by atoms with Gasteiger partial charge in [0.2, 0.25) is 5.91 Å². The zero-order valence-corrected chi connectivity index (χ0v) is 18.0. The Bertz CT molecular complexity index is 1240. The summed E-state index contributed by atoms with van der Waals surface area (Å²) in [5.74, 6) is -0.194. The quantitative estimate of drug-likeness (QED) is 0.222. The third-order valence-electron chi connectivity index (χ3n) is 4.69. The highest BCUT2D eigenvalue weighted by atomic mass is 35.5. The number of para-hydroxylation sites is 1. The molecule has 0 atom stereocenters. The molecule has 0 unspecified atom stereocenters. The average Bonchev–Trinajstić information content (AvgIpc) is 3.12. The molecule has 0 aliphatic carbocycles. The number of carbonyl (C=O) groups excluding carboxylic acids is 1. The van der Waals surface area contributed by atoms with Gasteiger partial charge in [-0.05, 0) is 36.4 Å². The van der Waals surface area contributed by atoms with E-state index in [4.69, 9.17) is 11.6 Å². The van der Waals surface area contributed by atoms with Crippen molar-refractivity contribution in [3.63, 3.8) is 0 Å². The molecule has 4 aromatic rings. The van der Waals surface area contributed by atoms with Crippen LogP contribution in [0, 0.1) is 5.82 Å². The Kier molecular flexibility index (Phi) is 6.70. The van der Waals surface area contributed by atoms with Gasteiger partial charge in [0.1, 0.15) is 5.82 Å². The largest absolute Gasteiger partial charge is 0.342 e. The van der Waals surface area contributed by atoms with Gasteiger partial charge in [-0.3, -0.25) is 4.79 Å². The molecule has 4 nitrogen and oxygen atoms in total. The van der Waals surface area contributed by atoms with Crippen molar-refractivity contribution in [1.82, 2.24) is 9.99 Å². The second kappa shape index (κ2) is 9.81. The summed E-state index contributed by atoms with van der Waals surface area (Å²) in [6.45, 7) is 0.408. The topological polar surface area (TPSA) is 46.4 Å². The van der Waals surface area contributed by atoms with Crippen LogP contribution in [-0.2, 0) is 11.3 Å². The second-order valence-electron chi connectivity index (χ2n) is 6.86. The van der Waals surface area contributed by atoms with E-state index in [0.717, 1.165) is 21.4 Å². The summed E-state index contributed by atoms with van der Waals surface area (Å²) in [5.41, 5.74) is 4.98. The number of halogens is 2. The lowest BCUT2D eigenvalue weighted by Crippen LogP contribution is -2.19. The predicted octanol–water partition coefficient (Wildman–Crippen LogP) is 5.72. The average molecular weight is 452 g/mol. The monoisotopic (exact) mass is 451 g/mol. The molecule has 0 saturated heterocycles. The normalized spacial score (nSPS) is 11.3. The molecule has 4 rings (SSSR count). The Hall–Kier alpha value is -3.09. The summed E-state index contributed by atoms with van der Waals surface area (Å²) in [4.78, 5) is 13.1. The number of benzene rings is 3. The van der Waals surface area contributed by atoms with E-state index >= 15 is 0 Å². The number of hydrogen-bond acceptors (Lipinski definition) is 3. The maximum Gasteiger partial charge on any atom is 0.250 e. The minimum absolute atomic E-state index is 0.203. The molecule has 156 valence electrons. The highest BCUT2D eigenvalue weighted by Crippen LogP contribution is 2.22. The van der Waals surface area contributed by atoms with Gasteiger partial charge < -0.3 is 4.57 Å². The lowest BCUT2D eigenvalue weighted by molar-refractivity contribution is -0.118. The molecular weight excluding hydrogens is 433 g/mol. The molecule has 1 N–H and O–H groups in total. The van der Waals surface area contributed by atoms with Crippen molar-refractivity contribution >= 4 is 46.4 Å². The summed E-state index contributed by atoms with van der Waals surface area (Å²) in [6, 6.07) is 21.9. The van der Waals surface area contributed by atoms with Gasteiger partial charge in [-0.2, -0.15) is 5.10 Å². The van der Waals surface area contributed by atoms with Crippen LogP contribution in [0.5, 0.6) is 0 Å². The lowest BCUT2D eigenvalue weighted by Gasteiger charge is -2.06. The van der Waals surface area contributed by atoms with Crippen LogP contribution in [0.4, 0.5) is 4.39 Å². The molecule has 1 aromatic heterocycles. The fourth-order valence-electron chi connectivity index (χ4n) is 3.20. The highest BCUT2D eigenvalue weighted by molar-refractivity contribution is 8.00. The van der Waals surface area contributed by atoms with Gasteiger partial charge in [0.15, 0.2) is 0 Å². The van der Waals surface area contributed by atoms with Gasteiger partial charge in [0.05, 0.1) is 18.5 Å². The van der Waals surface area contributed by atoms with Crippen molar-refractivity contribution < 1.29 is 9.18 Å². The number of rotatable bonds is 7. The minimum atomic E-state index is -0.235. The molecule has 0 aliphatic heterocycles. The Morgan fingerprint density at radius 2 is 1.81 bits per heavy atom. The first-order chi connectivity index (χ1) is 15.1. The van der Waals surface area contributed by atoms with E-state index < -0.39 is 0 Å². The summed E-state index contributed by atoms with van der Waals surface area (Å²) < 4.78 is 16.1. The van der Waals surface area contributed by atoms with Gasteiger partial charge in [0, 0.05) is 38.1 Å². The van der Waals surface area contributed by atoms with E-state index in [1.165, 1.54) is 17.8 Å². The lowest BCUT2D eigenvalue weighted by atomic mass is 10.2. The molecule has 0 aliphatic rings. The number of carbonyl (C=O) groups is 1. The zero-order chi connectivity index (χ0) is 21.6. The number of hydrogen-bond donors (Lipinski definition) is 1. The summed E-state index contributed by atoms with van der Waals surface area (Å²) >= 11 is 7.28. The van der Waals surface area contributed by atoms with Gasteiger partial charge in [0.25, 0.3) is 0 Å². The van der Waals surface area contributed by atoms with E-state index in [1.54, 1.807) is 30.5 Å². The maximum atomic E-state index is 14.1. The molecule has 3 aromatic carbocycles. The fraction of sp³-hybridized carbons (Fsp3) is 0.0833. The first-order valence-electron chi connectivity index (χ1n) is 9.62. The molecule has 0 fully saturated rings. The van der Waals surface area contributed by atoms with Crippen LogP contribution < -0.4 is 5.43 Å². The predicted molar refractivity (Wildman–Crippen MR) is 125 cm³/mol. The molecule has 1 heterocycles. The van der Waals surface area contributed by atoms with Crippen LogP contribution in [0.15, 0.2) is 89.0 Å². The molecule has 1 amide bonds. The molecule has 0 spiro atoms. The highest BCUT2D eigenvalue weighted by Gasteiger charge is 2.09. The number of aromatic nitrogens is 1. The van der Waals surface area contributed by atoms with Crippen molar-refractivity contribution in [2.75, 3.05) is 5.75 Å². The number of thioether (sulfide) groups is 1. The van der Waals surface area contributed by atoms with Gasteiger partial charge in [-0.1, -0.05) is 48.0 Å². The zero-order valence-electron chi connectivity index (χ0n) is 16.5. The van der Waals surface area contributed by atoms with Crippen molar-refractivity contribution in [3.05, 3.63) is 101 Å². The smallest absolute Gasteiger partial charge is 0.250 e. The number of hydrazone groups is 1. The number of nitrogens with zero attached hydrogens (tertiary/aromatic N) is 2. The number of nitrogens with one attached hydrogen (secondary N) is 1. The molecule has 0 saturated carbocycles. The van der Waals surface area contributed by atoms with E-state index in [1.807, 2.05) is 53.2 Å². The summed E-state index contributed by atoms with van der Waals surface area (Å²) in [6.07, 6.45) is 3.53. The van der Waals surface area contributed by atoms with E-state index in [-0.39, 0.29) is 17.5 Å². The van der Waals surface area contributed by atoms with Gasteiger partial charge in [-0.15, -0.1) is 11.8 Å². The van der Waals surface area contributed by atoms with Crippen LogP contribution in [0.1, 0.15) is 11.1 Å². The van der Waals surface area contributed by atoms with Gasteiger partial charge in [-0.25, -0.2) is 9.82 Å². The third-order valence-corrected chi connectivity index (χ3v) is 5.96. The molecular formula is C24H19ClFN3OS. The van der Waals surface area contributed by atoms with Crippen LogP contribution in [0.25, 0.3) is 10.9 Å². The Labute approximate surface area is 188 Å². The first-order valence-corrected chi connectivity index (χ1v) is 11.0. The fourth-order valence-corrected chi connectivity index (χ4v) is 4.02. The van der Waals surface area contributed by atoms with E-state index in [0.29, 0.717) is 17.1 Å². The first kappa shape index (κ1) is 21.2. The van der Waals surface area contributed by atoms with Crippen molar-refractivity contribution in [3.8, 4) is 0 Å². The minimum Gasteiger partial charge on any atom is -0.342 e. The van der Waals surface area contributed by atoms with Crippen LogP contribution in [-0.4, -0.2) is 22.4 Å². The van der Waals surface area contributed by atoms with Crippen LogP contribution in [0.3, 0.4) is 0 Å². The summed E-state index contributed by atoms with van der Waals surface area (Å²) in [7, 11) is 0. The number of amides is 1. The van der Waals surface area contributed by atoms with E-state index in [2.05, 4.69) is 10.5 Å². The second-order valence-corrected chi connectivity index (χ2v) is 8.34. The Morgan fingerprint density at radius 3 is 2.61 bits per heavy atom. The number of fused-ring (bicyclic) bond motifs is 1. The molecule has 0 radical (unpaired) electrons. The van der Waals surface area contributed by atoms with E-state index in [9.17, 15) is 9.18 Å². The molecule has 31 heavy (non-hydrogen) atoms. The maximum absolute atomic E-state index is 14.1. The van der Waals surface area contributed by atoms with Crippen LogP contribution >= 0.6 is 23.4 Å². The standard InChI is InChI=1S/C24H19ClFN3OS/c25-19-9-11-20(12-10-19)31-16-24(30)28-27-13-18-15-29(23-8-4-2-6-21(18)23)14-17-5-1-3-7-22(17)26/h1-13,15H,14,16H2,(H,28,30)/b27-13-.